The van der Waals surface area contributed by atoms with Crippen molar-refractivity contribution in [2.24, 2.45) is 0 Å². The highest BCUT2D eigenvalue weighted by Crippen LogP contribution is 2.23. The summed E-state index contributed by atoms with van der Waals surface area (Å²) in [4.78, 5) is 21.1. The summed E-state index contributed by atoms with van der Waals surface area (Å²) < 4.78 is 5.78. The van der Waals surface area contributed by atoms with Crippen molar-refractivity contribution in [3.8, 4) is 11.6 Å². The van der Waals surface area contributed by atoms with Crippen molar-refractivity contribution in [2.45, 2.75) is 26.7 Å². The van der Waals surface area contributed by atoms with Crippen molar-refractivity contribution in [3.05, 3.63) is 53.7 Å². The Kier molecular flexibility index (Phi) is 5.89. The van der Waals surface area contributed by atoms with Gasteiger partial charge in [0, 0.05) is 38.4 Å². The van der Waals surface area contributed by atoms with E-state index in [2.05, 4.69) is 42.8 Å². The van der Waals surface area contributed by atoms with E-state index in [0.29, 0.717) is 17.4 Å². The van der Waals surface area contributed by atoms with Gasteiger partial charge >= 0.3 is 0 Å². The van der Waals surface area contributed by atoms with Crippen LogP contribution in [0.2, 0.25) is 0 Å². The summed E-state index contributed by atoms with van der Waals surface area (Å²) >= 11 is 0. The zero-order chi connectivity index (χ0) is 18.5. The van der Waals surface area contributed by atoms with Crippen LogP contribution in [0.15, 0.2) is 42.6 Å². The number of hydrogen-bond acceptors (Lipinski definition) is 4. The minimum Gasteiger partial charge on any atom is -0.439 e. The van der Waals surface area contributed by atoms with Crippen LogP contribution in [0.3, 0.4) is 0 Å². The van der Waals surface area contributed by atoms with Gasteiger partial charge in [-0.15, -0.1) is 0 Å². The van der Waals surface area contributed by atoms with E-state index < -0.39 is 0 Å². The Balaban J connectivity index is 1.60. The SMILES string of the molecule is CCN1CCN(C(=O)c2ccc(Oc3ccc(C(C)C)cc3)nc2)CC1. The third kappa shape index (κ3) is 4.41. The van der Waals surface area contributed by atoms with Gasteiger partial charge in [0.15, 0.2) is 0 Å². The van der Waals surface area contributed by atoms with Crippen LogP contribution in [0.1, 0.15) is 42.6 Å². The number of amides is 1. The summed E-state index contributed by atoms with van der Waals surface area (Å²) in [6.07, 6.45) is 1.60. The molecule has 1 fully saturated rings. The number of hydrogen-bond donors (Lipinski definition) is 0. The molecular formula is C21H27N3O2. The molecule has 0 spiro atoms. The molecular weight excluding hydrogens is 326 g/mol. The van der Waals surface area contributed by atoms with Crippen molar-refractivity contribution < 1.29 is 9.53 Å². The van der Waals surface area contributed by atoms with E-state index >= 15 is 0 Å². The quantitative estimate of drug-likeness (QED) is 0.821. The maximum absolute atomic E-state index is 12.6. The summed E-state index contributed by atoms with van der Waals surface area (Å²) in [5, 5.41) is 0. The number of ether oxygens (including phenoxy) is 1. The Labute approximate surface area is 155 Å². The number of piperazine rings is 1. The highest BCUT2D eigenvalue weighted by atomic mass is 16.5. The molecule has 5 heteroatoms. The fourth-order valence-corrected chi connectivity index (χ4v) is 3.06. The van der Waals surface area contributed by atoms with Gasteiger partial charge in [0.05, 0.1) is 5.56 Å². The number of carbonyl (C=O) groups excluding carboxylic acids is 1. The molecule has 0 atom stereocenters. The molecule has 2 heterocycles. The Morgan fingerprint density at radius 3 is 2.31 bits per heavy atom. The number of nitrogens with zero attached hydrogens (tertiary/aromatic N) is 3. The minimum atomic E-state index is 0.0427. The topological polar surface area (TPSA) is 45.7 Å². The van der Waals surface area contributed by atoms with E-state index in [1.165, 1.54) is 5.56 Å². The molecule has 1 aliphatic rings. The highest BCUT2D eigenvalue weighted by Gasteiger charge is 2.21. The van der Waals surface area contributed by atoms with E-state index in [0.717, 1.165) is 38.5 Å². The number of rotatable bonds is 5. The van der Waals surface area contributed by atoms with E-state index in [1.807, 2.05) is 17.0 Å². The first kappa shape index (κ1) is 18.4. The Bertz CT molecular complexity index is 718. The van der Waals surface area contributed by atoms with Crippen LogP contribution in [0.4, 0.5) is 0 Å². The fourth-order valence-electron chi connectivity index (χ4n) is 3.06. The fraction of sp³-hybridized carbons (Fsp3) is 0.429. The van der Waals surface area contributed by atoms with Crippen molar-refractivity contribution >= 4 is 5.91 Å². The average Bonchev–Trinajstić information content (AvgIpc) is 2.68. The second-order valence-electron chi connectivity index (χ2n) is 6.94. The molecule has 0 unspecified atom stereocenters. The van der Waals surface area contributed by atoms with Gasteiger partial charge in [-0.1, -0.05) is 32.9 Å². The Morgan fingerprint density at radius 1 is 1.08 bits per heavy atom. The van der Waals surface area contributed by atoms with Crippen LogP contribution in [-0.2, 0) is 0 Å². The molecule has 1 aromatic heterocycles. The molecule has 26 heavy (non-hydrogen) atoms. The van der Waals surface area contributed by atoms with Crippen LogP contribution < -0.4 is 4.74 Å². The van der Waals surface area contributed by atoms with Crippen molar-refractivity contribution in [2.75, 3.05) is 32.7 Å². The van der Waals surface area contributed by atoms with Crippen LogP contribution in [0.5, 0.6) is 11.6 Å². The van der Waals surface area contributed by atoms with E-state index in [9.17, 15) is 4.79 Å². The third-order valence-corrected chi connectivity index (χ3v) is 4.86. The highest BCUT2D eigenvalue weighted by molar-refractivity contribution is 5.94. The molecule has 0 aliphatic carbocycles. The maximum Gasteiger partial charge on any atom is 0.255 e. The summed E-state index contributed by atoms with van der Waals surface area (Å²) in [6.45, 7) is 10.9. The van der Waals surface area contributed by atoms with Gasteiger partial charge < -0.3 is 14.5 Å². The molecule has 1 amide bonds. The molecule has 0 saturated carbocycles. The first-order valence-electron chi connectivity index (χ1n) is 9.32. The van der Waals surface area contributed by atoms with Gasteiger partial charge in [-0.25, -0.2) is 4.98 Å². The average molecular weight is 353 g/mol. The van der Waals surface area contributed by atoms with E-state index in [-0.39, 0.29) is 5.91 Å². The lowest BCUT2D eigenvalue weighted by Gasteiger charge is -2.34. The first-order chi connectivity index (χ1) is 12.6. The van der Waals surface area contributed by atoms with Crippen molar-refractivity contribution in [1.82, 2.24) is 14.8 Å². The second kappa shape index (κ2) is 8.32. The summed E-state index contributed by atoms with van der Waals surface area (Å²) in [7, 11) is 0. The largest absolute Gasteiger partial charge is 0.439 e. The number of carbonyl (C=O) groups is 1. The van der Waals surface area contributed by atoms with Crippen LogP contribution in [0.25, 0.3) is 0 Å². The van der Waals surface area contributed by atoms with Crippen molar-refractivity contribution in [1.29, 1.82) is 0 Å². The molecule has 2 aromatic rings. The number of aromatic nitrogens is 1. The zero-order valence-corrected chi connectivity index (χ0v) is 15.8. The summed E-state index contributed by atoms with van der Waals surface area (Å²) in [5.41, 5.74) is 1.88. The Morgan fingerprint density at radius 2 is 1.77 bits per heavy atom. The molecule has 5 nitrogen and oxygen atoms in total. The second-order valence-corrected chi connectivity index (χ2v) is 6.94. The smallest absolute Gasteiger partial charge is 0.255 e. The predicted molar refractivity (Wildman–Crippen MR) is 103 cm³/mol. The molecule has 1 aromatic carbocycles. The van der Waals surface area contributed by atoms with Crippen LogP contribution in [0, 0.1) is 0 Å². The van der Waals surface area contributed by atoms with Gasteiger partial charge in [-0.3, -0.25) is 4.79 Å². The van der Waals surface area contributed by atoms with Crippen molar-refractivity contribution in [3.63, 3.8) is 0 Å². The molecule has 138 valence electrons. The minimum absolute atomic E-state index is 0.0427. The molecule has 0 radical (unpaired) electrons. The Hall–Kier alpha value is -2.40. The predicted octanol–water partition coefficient (Wildman–Crippen LogP) is 3.78. The summed E-state index contributed by atoms with van der Waals surface area (Å²) in [6, 6.07) is 11.6. The van der Waals surface area contributed by atoms with Crippen LogP contribution >= 0.6 is 0 Å². The zero-order valence-electron chi connectivity index (χ0n) is 15.8. The van der Waals surface area contributed by atoms with Gasteiger partial charge in [-0.2, -0.15) is 0 Å². The number of benzene rings is 1. The monoisotopic (exact) mass is 353 g/mol. The van der Waals surface area contributed by atoms with E-state index in [4.69, 9.17) is 4.74 Å². The third-order valence-electron chi connectivity index (χ3n) is 4.86. The lowest BCUT2D eigenvalue weighted by Crippen LogP contribution is -2.48. The molecule has 1 saturated heterocycles. The molecule has 3 rings (SSSR count). The standard InChI is InChI=1S/C21H27N3O2/c1-4-23-11-13-24(14-12-23)21(25)18-7-10-20(22-15-18)26-19-8-5-17(6-9-19)16(2)3/h5-10,15-16H,4,11-14H2,1-3H3. The van der Waals surface area contributed by atoms with Gasteiger partial charge in [0.25, 0.3) is 5.91 Å². The number of likely N-dealkylation sites (N-methyl/N-ethyl adjacent to an activating group) is 1. The normalized spacial score (nSPS) is 15.3. The molecule has 0 bridgehead atoms. The van der Waals surface area contributed by atoms with Crippen LogP contribution in [-0.4, -0.2) is 53.4 Å². The maximum atomic E-state index is 12.6. The van der Waals surface area contributed by atoms with Gasteiger partial charge in [0.1, 0.15) is 5.75 Å². The molecule has 1 aliphatic heterocycles. The first-order valence-corrected chi connectivity index (χ1v) is 9.32. The molecule has 0 N–H and O–H groups in total. The summed E-state index contributed by atoms with van der Waals surface area (Å²) in [5.74, 6) is 1.78. The van der Waals surface area contributed by atoms with Gasteiger partial charge in [-0.05, 0) is 36.2 Å². The lowest BCUT2D eigenvalue weighted by atomic mass is 10.0. The lowest BCUT2D eigenvalue weighted by molar-refractivity contribution is 0.0643. The van der Waals surface area contributed by atoms with E-state index in [1.54, 1.807) is 18.3 Å². The number of pyridine rings is 1. The van der Waals surface area contributed by atoms with Gasteiger partial charge in [0.2, 0.25) is 5.88 Å².